The van der Waals surface area contributed by atoms with Crippen molar-refractivity contribution >= 4 is 11.6 Å². The van der Waals surface area contributed by atoms with Crippen LogP contribution in [0.3, 0.4) is 0 Å². The van der Waals surface area contributed by atoms with Crippen molar-refractivity contribution in [3.63, 3.8) is 0 Å². The fourth-order valence-corrected chi connectivity index (χ4v) is 2.47. The molecule has 6 heteroatoms. The summed E-state index contributed by atoms with van der Waals surface area (Å²) in [4.78, 5) is 24.8. The third kappa shape index (κ3) is 2.96. The Bertz CT molecular complexity index is 555. The highest BCUT2D eigenvalue weighted by molar-refractivity contribution is 5.98. The lowest BCUT2D eigenvalue weighted by atomic mass is 10.0. The van der Waals surface area contributed by atoms with Gasteiger partial charge >= 0.3 is 0 Å². The quantitative estimate of drug-likeness (QED) is 0.660. The fourth-order valence-electron chi connectivity index (χ4n) is 2.47. The molecule has 2 rings (SSSR count). The van der Waals surface area contributed by atoms with Crippen molar-refractivity contribution in [2.24, 2.45) is 0 Å². The molecular formula is C14H19N3O3. The number of nitrogens with zero attached hydrogens (tertiary/aromatic N) is 2. The molecular weight excluding hydrogens is 258 g/mol. The predicted octanol–water partition coefficient (Wildman–Crippen LogP) is 1.73. The molecule has 0 bridgehead atoms. The Hall–Kier alpha value is -1.95. The summed E-state index contributed by atoms with van der Waals surface area (Å²) in [6.45, 7) is 7.64. The number of piperazine rings is 1. The lowest BCUT2D eigenvalue weighted by Gasteiger charge is -2.39. The highest BCUT2D eigenvalue weighted by Gasteiger charge is 2.31. The van der Waals surface area contributed by atoms with Crippen LogP contribution in [0.1, 0.15) is 29.8 Å². The first-order chi connectivity index (χ1) is 9.30. The number of nitro groups is 1. The zero-order valence-corrected chi connectivity index (χ0v) is 12.0. The topological polar surface area (TPSA) is 75.5 Å². The summed E-state index contributed by atoms with van der Waals surface area (Å²) < 4.78 is 0. The van der Waals surface area contributed by atoms with Gasteiger partial charge in [-0.2, -0.15) is 0 Å². The lowest BCUT2D eigenvalue weighted by molar-refractivity contribution is -0.385. The van der Waals surface area contributed by atoms with Crippen molar-refractivity contribution in [2.75, 3.05) is 19.6 Å². The summed E-state index contributed by atoms with van der Waals surface area (Å²) in [5.41, 5.74) is 0.713. The second-order valence-electron chi connectivity index (χ2n) is 5.82. The van der Waals surface area contributed by atoms with Crippen LogP contribution in [0.15, 0.2) is 18.2 Å². The Balaban J connectivity index is 2.33. The van der Waals surface area contributed by atoms with E-state index < -0.39 is 4.92 Å². The number of nitrogens with one attached hydrogen (secondary N) is 1. The molecule has 1 aromatic carbocycles. The normalized spacial score (nSPS) is 17.9. The van der Waals surface area contributed by atoms with E-state index in [-0.39, 0.29) is 22.7 Å². The molecule has 0 unspecified atom stereocenters. The number of benzene rings is 1. The SMILES string of the molecule is Cc1ccc([N+](=O)[O-])c(C(=O)N2CCNC(C)(C)C2)c1. The zero-order chi connectivity index (χ0) is 14.9. The molecule has 0 aliphatic carbocycles. The van der Waals surface area contributed by atoms with Crippen molar-refractivity contribution in [1.29, 1.82) is 0 Å². The largest absolute Gasteiger partial charge is 0.335 e. The number of rotatable bonds is 2. The second kappa shape index (κ2) is 5.20. The maximum atomic E-state index is 12.6. The summed E-state index contributed by atoms with van der Waals surface area (Å²) in [7, 11) is 0. The Kier molecular flexibility index (Phi) is 3.76. The Morgan fingerprint density at radius 3 is 2.75 bits per heavy atom. The van der Waals surface area contributed by atoms with Crippen molar-refractivity contribution < 1.29 is 9.72 Å². The monoisotopic (exact) mass is 277 g/mol. The van der Waals surface area contributed by atoms with E-state index in [1.54, 1.807) is 17.0 Å². The molecule has 1 aromatic rings. The van der Waals surface area contributed by atoms with Crippen LogP contribution in [0, 0.1) is 17.0 Å². The Morgan fingerprint density at radius 2 is 2.15 bits per heavy atom. The molecule has 0 atom stereocenters. The molecule has 1 aliphatic rings. The van der Waals surface area contributed by atoms with Gasteiger partial charge in [-0.25, -0.2) is 0 Å². The van der Waals surface area contributed by atoms with Crippen molar-refractivity contribution in [1.82, 2.24) is 10.2 Å². The van der Waals surface area contributed by atoms with Crippen LogP contribution in [0.2, 0.25) is 0 Å². The molecule has 0 radical (unpaired) electrons. The molecule has 1 heterocycles. The molecule has 1 amide bonds. The first-order valence-corrected chi connectivity index (χ1v) is 6.59. The Morgan fingerprint density at radius 1 is 1.45 bits per heavy atom. The third-order valence-electron chi connectivity index (χ3n) is 3.44. The van der Waals surface area contributed by atoms with Gasteiger partial charge < -0.3 is 10.2 Å². The second-order valence-corrected chi connectivity index (χ2v) is 5.82. The van der Waals surface area contributed by atoms with E-state index >= 15 is 0 Å². The van der Waals surface area contributed by atoms with Crippen LogP contribution < -0.4 is 5.32 Å². The number of hydrogen-bond donors (Lipinski definition) is 1. The lowest BCUT2D eigenvalue weighted by Crippen LogP contribution is -2.58. The summed E-state index contributed by atoms with van der Waals surface area (Å²) in [6, 6.07) is 4.64. The van der Waals surface area contributed by atoms with E-state index in [4.69, 9.17) is 0 Å². The highest BCUT2D eigenvalue weighted by Crippen LogP contribution is 2.23. The predicted molar refractivity (Wildman–Crippen MR) is 75.8 cm³/mol. The van der Waals surface area contributed by atoms with Crippen LogP contribution in [-0.2, 0) is 0 Å². The van der Waals surface area contributed by atoms with Crippen molar-refractivity contribution in [2.45, 2.75) is 26.3 Å². The van der Waals surface area contributed by atoms with E-state index in [9.17, 15) is 14.9 Å². The average molecular weight is 277 g/mol. The first kappa shape index (κ1) is 14.5. The number of aryl methyl sites for hydroxylation is 1. The minimum Gasteiger partial charge on any atom is -0.335 e. The average Bonchev–Trinajstić information content (AvgIpc) is 2.36. The van der Waals surface area contributed by atoms with Crippen LogP contribution in [0.25, 0.3) is 0 Å². The van der Waals surface area contributed by atoms with Crippen LogP contribution in [-0.4, -0.2) is 40.9 Å². The maximum Gasteiger partial charge on any atom is 0.282 e. The molecule has 1 fully saturated rings. The minimum absolute atomic E-state index is 0.128. The molecule has 0 aromatic heterocycles. The van der Waals surface area contributed by atoms with Gasteiger partial charge in [-0.1, -0.05) is 6.07 Å². The maximum absolute atomic E-state index is 12.6. The summed E-state index contributed by atoms with van der Waals surface area (Å²) in [5.74, 6) is -0.269. The third-order valence-corrected chi connectivity index (χ3v) is 3.44. The smallest absolute Gasteiger partial charge is 0.282 e. The van der Waals surface area contributed by atoms with Crippen LogP contribution in [0.5, 0.6) is 0 Å². The molecule has 20 heavy (non-hydrogen) atoms. The molecule has 1 saturated heterocycles. The van der Waals surface area contributed by atoms with Gasteiger partial charge in [-0.05, 0) is 32.4 Å². The molecule has 1 N–H and O–H groups in total. The van der Waals surface area contributed by atoms with E-state index in [0.29, 0.717) is 19.6 Å². The van der Waals surface area contributed by atoms with Gasteiger partial charge in [-0.15, -0.1) is 0 Å². The molecule has 1 aliphatic heterocycles. The number of carbonyl (C=O) groups excluding carboxylic acids is 1. The Labute approximate surface area is 117 Å². The summed E-state index contributed by atoms with van der Waals surface area (Å²) >= 11 is 0. The van der Waals surface area contributed by atoms with Gasteiger partial charge in [0.1, 0.15) is 5.56 Å². The van der Waals surface area contributed by atoms with E-state index in [1.165, 1.54) is 6.07 Å². The van der Waals surface area contributed by atoms with Gasteiger partial charge in [-0.3, -0.25) is 14.9 Å². The van der Waals surface area contributed by atoms with Crippen LogP contribution >= 0.6 is 0 Å². The van der Waals surface area contributed by atoms with Crippen molar-refractivity contribution in [3.05, 3.63) is 39.4 Å². The summed E-state index contributed by atoms with van der Waals surface area (Å²) in [6.07, 6.45) is 0. The molecule has 6 nitrogen and oxygen atoms in total. The van der Waals surface area contributed by atoms with Gasteiger partial charge in [0.05, 0.1) is 4.92 Å². The molecule has 0 saturated carbocycles. The van der Waals surface area contributed by atoms with Gasteiger partial charge in [0.2, 0.25) is 0 Å². The fraction of sp³-hybridized carbons (Fsp3) is 0.500. The van der Waals surface area contributed by atoms with Gasteiger partial charge in [0, 0.05) is 31.2 Å². The molecule has 108 valence electrons. The van der Waals surface area contributed by atoms with E-state index in [0.717, 1.165) is 5.56 Å². The highest BCUT2D eigenvalue weighted by atomic mass is 16.6. The van der Waals surface area contributed by atoms with Crippen molar-refractivity contribution in [3.8, 4) is 0 Å². The molecule has 0 spiro atoms. The van der Waals surface area contributed by atoms with E-state index in [2.05, 4.69) is 5.32 Å². The van der Waals surface area contributed by atoms with E-state index in [1.807, 2.05) is 20.8 Å². The number of hydrogen-bond acceptors (Lipinski definition) is 4. The van der Waals surface area contributed by atoms with Gasteiger partial charge in [0.15, 0.2) is 0 Å². The van der Waals surface area contributed by atoms with Crippen LogP contribution in [0.4, 0.5) is 5.69 Å². The zero-order valence-electron chi connectivity index (χ0n) is 12.0. The minimum atomic E-state index is -0.500. The number of amides is 1. The first-order valence-electron chi connectivity index (χ1n) is 6.59. The standard InChI is InChI=1S/C14H19N3O3/c1-10-4-5-12(17(19)20)11(8-10)13(18)16-7-6-15-14(2,3)9-16/h4-5,8,15H,6-7,9H2,1-3H3. The van der Waals surface area contributed by atoms with Gasteiger partial charge in [0.25, 0.3) is 11.6 Å². The number of nitro benzene ring substituents is 1. The summed E-state index contributed by atoms with van der Waals surface area (Å²) in [5, 5.41) is 14.4. The number of carbonyl (C=O) groups is 1.